The molecule has 1 N–H and O–H groups in total. The van der Waals surface area contributed by atoms with Crippen LogP contribution in [0.25, 0.3) is 0 Å². The van der Waals surface area contributed by atoms with Gasteiger partial charge in [0.05, 0.1) is 5.69 Å². The minimum Gasteiger partial charge on any atom is -0.340 e. The number of nitrogens with one attached hydrogen (secondary N) is 1. The summed E-state index contributed by atoms with van der Waals surface area (Å²) < 4.78 is 0.859. The van der Waals surface area contributed by atoms with Gasteiger partial charge in [0.25, 0.3) is 5.91 Å². The molecule has 2 rings (SSSR count). The Hall–Kier alpha value is -1.36. The lowest BCUT2D eigenvalue weighted by molar-refractivity contribution is -0.137. The summed E-state index contributed by atoms with van der Waals surface area (Å²) in [4.78, 5) is 26.6. The summed E-state index contributed by atoms with van der Waals surface area (Å²) in [5.41, 5.74) is 0.907. The third-order valence-electron chi connectivity index (χ3n) is 3.62. The van der Waals surface area contributed by atoms with E-state index >= 15 is 0 Å². The Morgan fingerprint density at radius 2 is 2.00 bits per heavy atom. The number of carbonyl (C=O) groups is 2. The smallest absolute Gasteiger partial charge is 0.252 e. The lowest BCUT2D eigenvalue weighted by atomic mass is 9.95. The second-order valence-corrected chi connectivity index (χ2v) is 6.41. The second-order valence-electron chi connectivity index (χ2n) is 5.62. The number of rotatable bonds is 2. The Kier molecular flexibility index (Phi) is 3.91. The zero-order valence-corrected chi connectivity index (χ0v) is 13.7. The fourth-order valence-electron chi connectivity index (χ4n) is 2.47. The molecule has 4 nitrogen and oxygen atoms in total. The molecule has 0 bridgehead atoms. The normalized spacial score (nSPS) is 21.9. The van der Waals surface area contributed by atoms with E-state index in [2.05, 4.69) is 21.2 Å². The van der Waals surface area contributed by atoms with E-state index in [0.29, 0.717) is 6.42 Å². The predicted molar refractivity (Wildman–Crippen MR) is 82.7 cm³/mol. The molecule has 108 valence electrons. The van der Waals surface area contributed by atoms with Crippen LogP contribution in [0.15, 0.2) is 22.7 Å². The van der Waals surface area contributed by atoms with Crippen molar-refractivity contribution in [3.63, 3.8) is 0 Å². The average molecular weight is 339 g/mol. The Bertz CT molecular complexity index is 569. The summed E-state index contributed by atoms with van der Waals surface area (Å²) in [6, 6.07) is 5.27. The van der Waals surface area contributed by atoms with Crippen molar-refractivity contribution in [2.24, 2.45) is 0 Å². The summed E-state index contributed by atoms with van der Waals surface area (Å²) in [5, 5.41) is 2.79. The minimum absolute atomic E-state index is 0.0877. The molecule has 1 aromatic carbocycles. The highest BCUT2D eigenvalue weighted by atomic mass is 79.9. The van der Waals surface area contributed by atoms with Gasteiger partial charge in [0, 0.05) is 4.47 Å². The highest BCUT2D eigenvalue weighted by molar-refractivity contribution is 9.10. The Morgan fingerprint density at radius 1 is 1.35 bits per heavy atom. The maximum absolute atomic E-state index is 12.7. The van der Waals surface area contributed by atoms with Crippen molar-refractivity contribution in [3.05, 3.63) is 28.2 Å². The van der Waals surface area contributed by atoms with Gasteiger partial charge in [-0.15, -0.1) is 0 Å². The topological polar surface area (TPSA) is 49.4 Å². The van der Waals surface area contributed by atoms with Crippen molar-refractivity contribution in [1.82, 2.24) is 5.32 Å². The third kappa shape index (κ3) is 2.35. The zero-order chi connectivity index (χ0) is 15.1. The van der Waals surface area contributed by atoms with E-state index in [0.717, 1.165) is 15.7 Å². The van der Waals surface area contributed by atoms with Crippen molar-refractivity contribution >= 4 is 33.4 Å². The van der Waals surface area contributed by atoms with Crippen molar-refractivity contribution in [1.29, 1.82) is 0 Å². The highest BCUT2D eigenvalue weighted by Crippen LogP contribution is 2.34. The molecule has 1 unspecified atom stereocenters. The van der Waals surface area contributed by atoms with E-state index in [1.807, 2.05) is 32.0 Å². The third-order valence-corrected chi connectivity index (χ3v) is 4.65. The Balaban J connectivity index is 2.57. The molecule has 0 aromatic heterocycles. The number of piperazine rings is 1. The van der Waals surface area contributed by atoms with Crippen molar-refractivity contribution in [2.45, 2.75) is 45.7 Å². The zero-order valence-electron chi connectivity index (χ0n) is 12.2. The molecular formula is C15H19BrN2O2. The molecule has 0 radical (unpaired) electrons. The summed E-state index contributed by atoms with van der Waals surface area (Å²) in [6.07, 6.45) is 0.577. The molecule has 1 heterocycles. The van der Waals surface area contributed by atoms with Crippen LogP contribution in [0.2, 0.25) is 0 Å². The predicted octanol–water partition coefficient (Wildman–Crippen LogP) is 2.78. The first kappa shape index (κ1) is 15.0. The molecule has 1 aliphatic rings. The number of halogens is 1. The van der Waals surface area contributed by atoms with Crippen LogP contribution >= 0.6 is 15.9 Å². The van der Waals surface area contributed by atoms with Crippen molar-refractivity contribution in [3.8, 4) is 0 Å². The molecule has 1 aliphatic heterocycles. The van der Waals surface area contributed by atoms with E-state index in [9.17, 15) is 9.59 Å². The van der Waals surface area contributed by atoms with Gasteiger partial charge in [-0.3, -0.25) is 14.5 Å². The minimum atomic E-state index is -0.883. The summed E-state index contributed by atoms with van der Waals surface area (Å²) in [5.74, 6) is -0.194. The van der Waals surface area contributed by atoms with Gasteiger partial charge in [0.15, 0.2) is 0 Å². The molecule has 20 heavy (non-hydrogen) atoms. The fraction of sp³-hybridized carbons (Fsp3) is 0.467. The molecule has 0 spiro atoms. The molecule has 2 amide bonds. The second kappa shape index (κ2) is 5.20. The van der Waals surface area contributed by atoms with Gasteiger partial charge >= 0.3 is 0 Å². The number of nitrogens with zero attached hydrogens (tertiary/aromatic N) is 1. The number of amides is 2. The maximum atomic E-state index is 12.7. The van der Waals surface area contributed by atoms with E-state index in [1.165, 1.54) is 0 Å². The molecule has 1 atom stereocenters. The van der Waals surface area contributed by atoms with Gasteiger partial charge in [0.1, 0.15) is 11.6 Å². The summed E-state index contributed by atoms with van der Waals surface area (Å²) in [7, 11) is 0. The van der Waals surface area contributed by atoms with Gasteiger partial charge in [-0.25, -0.2) is 0 Å². The van der Waals surface area contributed by atoms with Gasteiger partial charge in [-0.2, -0.15) is 0 Å². The van der Waals surface area contributed by atoms with E-state index < -0.39 is 11.6 Å². The number of hydrogen-bond donors (Lipinski definition) is 1. The Labute approximate surface area is 127 Å². The van der Waals surface area contributed by atoms with Gasteiger partial charge in [0.2, 0.25) is 5.91 Å². The molecule has 5 heteroatoms. The number of benzene rings is 1. The van der Waals surface area contributed by atoms with Crippen LogP contribution in [0.5, 0.6) is 0 Å². The Morgan fingerprint density at radius 3 is 2.60 bits per heavy atom. The van der Waals surface area contributed by atoms with Crippen LogP contribution in [-0.4, -0.2) is 23.4 Å². The lowest BCUT2D eigenvalue weighted by Crippen LogP contribution is -2.68. The average Bonchev–Trinajstić information content (AvgIpc) is 2.37. The van der Waals surface area contributed by atoms with E-state index in [-0.39, 0.29) is 11.8 Å². The standard InChI is InChI=1S/C15H19BrN2O2/c1-5-10-13(19)17-15(3,4)14(20)18(10)11-8-6-7-9(2)12(11)16/h6-8,10H,5H2,1-4H3,(H,17,19). The molecule has 0 saturated carbocycles. The summed E-state index contributed by atoms with van der Waals surface area (Å²) >= 11 is 3.53. The molecule has 1 aromatic rings. The fourth-order valence-corrected chi connectivity index (χ4v) is 2.92. The first-order valence-electron chi connectivity index (χ1n) is 6.70. The van der Waals surface area contributed by atoms with Crippen LogP contribution in [0.4, 0.5) is 5.69 Å². The van der Waals surface area contributed by atoms with Gasteiger partial charge in [-0.05, 0) is 54.8 Å². The number of hydrogen-bond acceptors (Lipinski definition) is 2. The van der Waals surface area contributed by atoms with Crippen LogP contribution in [0.3, 0.4) is 0 Å². The van der Waals surface area contributed by atoms with Crippen LogP contribution in [-0.2, 0) is 9.59 Å². The van der Waals surface area contributed by atoms with E-state index in [4.69, 9.17) is 0 Å². The summed E-state index contributed by atoms with van der Waals surface area (Å²) in [6.45, 7) is 7.34. The largest absolute Gasteiger partial charge is 0.340 e. The maximum Gasteiger partial charge on any atom is 0.252 e. The number of carbonyl (C=O) groups excluding carboxylic acids is 2. The first-order valence-corrected chi connectivity index (χ1v) is 7.49. The van der Waals surface area contributed by atoms with Crippen LogP contribution in [0.1, 0.15) is 32.8 Å². The molecular weight excluding hydrogens is 320 g/mol. The molecule has 0 aliphatic carbocycles. The van der Waals surface area contributed by atoms with Gasteiger partial charge in [-0.1, -0.05) is 19.1 Å². The first-order chi connectivity index (χ1) is 9.29. The monoisotopic (exact) mass is 338 g/mol. The van der Waals surface area contributed by atoms with Crippen molar-refractivity contribution < 1.29 is 9.59 Å². The molecule has 1 fully saturated rings. The number of anilines is 1. The van der Waals surface area contributed by atoms with E-state index in [1.54, 1.807) is 18.7 Å². The lowest BCUT2D eigenvalue weighted by Gasteiger charge is -2.43. The van der Waals surface area contributed by atoms with Crippen molar-refractivity contribution in [2.75, 3.05) is 4.90 Å². The van der Waals surface area contributed by atoms with Crippen LogP contribution in [0, 0.1) is 6.92 Å². The van der Waals surface area contributed by atoms with Crippen LogP contribution < -0.4 is 10.2 Å². The highest BCUT2D eigenvalue weighted by Gasteiger charge is 2.45. The SMILES string of the molecule is CCC1C(=O)NC(C)(C)C(=O)N1c1cccc(C)c1Br. The van der Waals surface area contributed by atoms with Gasteiger partial charge < -0.3 is 5.32 Å². The molecule has 1 saturated heterocycles. The number of aryl methyl sites for hydroxylation is 1. The quantitative estimate of drug-likeness (QED) is 0.901.